The fourth-order valence-corrected chi connectivity index (χ4v) is 6.50. The van der Waals surface area contributed by atoms with Crippen LogP contribution in [0.15, 0.2) is 152 Å². The Morgan fingerprint density at radius 3 is 1.49 bits per heavy atom. The zero-order valence-electron chi connectivity index (χ0n) is 25.5. The number of benzene rings is 6. The first-order valence-corrected chi connectivity index (χ1v) is 15.5. The molecule has 0 nitrogen and oxygen atoms in total. The molecule has 0 aliphatic heterocycles. The third kappa shape index (κ3) is 6.40. The van der Waals surface area contributed by atoms with Crippen LogP contribution in [-0.4, -0.2) is 0 Å². The molecule has 2 unspecified atom stereocenters. The van der Waals surface area contributed by atoms with E-state index >= 15 is 0 Å². The van der Waals surface area contributed by atoms with Crippen LogP contribution in [0.2, 0.25) is 0 Å². The van der Waals surface area contributed by atoms with Crippen LogP contribution in [0.3, 0.4) is 0 Å². The van der Waals surface area contributed by atoms with E-state index in [9.17, 15) is 0 Å². The number of aryl methyl sites for hydroxylation is 1. The SMILES string of the molecule is Cc1cccc(C(C)c2ccccc2)c1Cc1c(Cc2ccc(-c3ccccc3)cc2)cccc1C(C)c1ccccc1. The molecule has 0 aromatic heterocycles. The summed E-state index contributed by atoms with van der Waals surface area (Å²) in [6.45, 7) is 6.99. The van der Waals surface area contributed by atoms with Crippen molar-refractivity contribution in [3.63, 3.8) is 0 Å². The van der Waals surface area contributed by atoms with Gasteiger partial charge in [-0.3, -0.25) is 0 Å². The largest absolute Gasteiger partial charge is 0.0622 e. The minimum Gasteiger partial charge on any atom is -0.0622 e. The highest BCUT2D eigenvalue weighted by Gasteiger charge is 2.20. The minimum atomic E-state index is 0.302. The zero-order chi connectivity index (χ0) is 29.6. The van der Waals surface area contributed by atoms with Crippen LogP contribution in [0.25, 0.3) is 11.1 Å². The van der Waals surface area contributed by atoms with E-state index in [1.165, 1.54) is 61.2 Å². The molecule has 2 atom stereocenters. The summed E-state index contributed by atoms with van der Waals surface area (Å²) in [5.41, 5.74) is 15.1. The molecule has 0 aliphatic carbocycles. The molecule has 0 saturated carbocycles. The van der Waals surface area contributed by atoms with Crippen LogP contribution < -0.4 is 0 Å². The summed E-state index contributed by atoms with van der Waals surface area (Å²) >= 11 is 0. The molecule has 0 heterocycles. The van der Waals surface area contributed by atoms with Gasteiger partial charge in [0.15, 0.2) is 0 Å². The predicted molar refractivity (Wildman–Crippen MR) is 183 cm³/mol. The van der Waals surface area contributed by atoms with Crippen molar-refractivity contribution in [3.8, 4) is 11.1 Å². The van der Waals surface area contributed by atoms with Crippen molar-refractivity contribution in [2.75, 3.05) is 0 Å². The van der Waals surface area contributed by atoms with Crippen molar-refractivity contribution < 1.29 is 0 Å². The molecule has 6 rings (SSSR count). The average Bonchev–Trinajstić information content (AvgIpc) is 3.07. The van der Waals surface area contributed by atoms with Gasteiger partial charge in [0, 0.05) is 11.8 Å². The summed E-state index contributed by atoms with van der Waals surface area (Å²) in [6, 6.07) is 55.5. The Labute approximate surface area is 257 Å². The summed E-state index contributed by atoms with van der Waals surface area (Å²) in [6.07, 6.45) is 1.83. The van der Waals surface area contributed by atoms with Gasteiger partial charge in [0.1, 0.15) is 0 Å². The lowest BCUT2D eigenvalue weighted by molar-refractivity contribution is 0.866. The summed E-state index contributed by atoms with van der Waals surface area (Å²) in [5.74, 6) is 0.624. The molecule has 0 radical (unpaired) electrons. The second-order valence-corrected chi connectivity index (χ2v) is 11.8. The summed E-state index contributed by atoms with van der Waals surface area (Å²) < 4.78 is 0. The van der Waals surface area contributed by atoms with Crippen molar-refractivity contribution in [1.82, 2.24) is 0 Å². The zero-order valence-corrected chi connectivity index (χ0v) is 25.5. The van der Waals surface area contributed by atoms with Crippen molar-refractivity contribution in [1.29, 1.82) is 0 Å². The molecule has 0 bridgehead atoms. The van der Waals surface area contributed by atoms with E-state index in [0.717, 1.165) is 12.8 Å². The third-order valence-corrected chi connectivity index (χ3v) is 9.10. The lowest BCUT2D eigenvalue weighted by Crippen LogP contribution is -2.10. The van der Waals surface area contributed by atoms with Gasteiger partial charge in [-0.25, -0.2) is 0 Å². The number of hydrogen-bond donors (Lipinski definition) is 0. The van der Waals surface area contributed by atoms with Gasteiger partial charge in [-0.05, 0) is 81.0 Å². The van der Waals surface area contributed by atoms with E-state index in [0.29, 0.717) is 11.8 Å². The lowest BCUT2D eigenvalue weighted by Gasteiger charge is -2.24. The van der Waals surface area contributed by atoms with Crippen LogP contribution in [-0.2, 0) is 12.8 Å². The maximum atomic E-state index is 2.36. The molecule has 6 aromatic rings. The Bertz CT molecular complexity index is 1760. The molecule has 0 heteroatoms. The number of hydrogen-bond acceptors (Lipinski definition) is 0. The average molecular weight is 557 g/mol. The molecule has 6 aromatic carbocycles. The van der Waals surface area contributed by atoms with E-state index in [2.05, 4.69) is 172 Å². The molecule has 0 N–H and O–H groups in total. The molecular formula is C43H40. The monoisotopic (exact) mass is 556 g/mol. The highest BCUT2D eigenvalue weighted by molar-refractivity contribution is 5.63. The van der Waals surface area contributed by atoms with Crippen molar-refractivity contribution in [2.24, 2.45) is 0 Å². The maximum Gasteiger partial charge on any atom is 0.00639 e. The van der Waals surface area contributed by atoms with E-state index in [1.54, 1.807) is 0 Å². The van der Waals surface area contributed by atoms with Crippen LogP contribution >= 0.6 is 0 Å². The highest BCUT2D eigenvalue weighted by Crippen LogP contribution is 2.35. The second-order valence-electron chi connectivity index (χ2n) is 11.8. The molecule has 0 fully saturated rings. The molecule has 0 amide bonds. The Morgan fingerprint density at radius 2 is 0.907 bits per heavy atom. The molecule has 212 valence electrons. The first-order valence-electron chi connectivity index (χ1n) is 15.5. The van der Waals surface area contributed by atoms with Crippen molar-refractivity contribution in [2.45, 2.75) is 45.4 Å². The van der Waals surface area contributed by atoms with Gasteiger partial charge in [-0.2, -0.15) is 0 Å². The smallest absolute Gasteiger partial charge is 0.00639 e. The van der Waals surface area contributed by atoms with Gasteiger partial charge in [0.2, 0.25) is 0 Å². The quantitative estimate of drug-likeness (QED) is 0.166. The standard InChI is InChI=1S/C43H40/c1-31-15-13-23-40(32(2)35-16-7-4-8-17-35)42(31)30-43-39(22-14-24-41(43)33(3)36-18-9-5-10-19-36)29-34-25-27-38(28-26-34)37-20-11-6-12-21-37/h4-28,32-33H,29-30H2,1-3H3. The van der Waals surface area contributed by atoms with E-state index in [1.807, 2.05) is 0 Å². The summed E-state index contributed by atoms with van der Waals surface area (Å²) in [7, 11) is 0. The lowest BCUT2D eigenvalue weighted by atomic mass is 9.80. The van der Waals surface area contributed by atoms with Gasteiger partial charge < -0.3 is 0 Å². The number of rotatable bonds is 9. The molecule has 0 aliphatic rings. The van der Waals surface area contributed by atoms with E-state index < -0.39 is 0 Å². The third-order valence-electron chi connectivity index (χ3n) is 9.10. The van der Waals surface area contributed by atoms with Crippen LogP contribution in [0.1, 0.15) is 75.8 Å². The fourth-order valence-electron chi connectivity index (χ4n) is 6.50. The Kier molecular flexibility index (Phi) is 8.66. The van der Waals surface area contributed by atoms with Crippen LogP contribution in [0, 0.1) is 6.92 Å². The fraction of sp³-hybridized carbons (Fsp3) is 0.163. The van der Waals surface area contributed by atoms with Gasteiger partial charge >= 0.3 is 0 Å². The van der Waals surface area contributed by atoms with E-state index in [4.69, 9.17) is 0 Å². The van der Waals surface area contributed by atoms with Crippen LogP contribution in [0.4, 0.5) is 0 Å². The topological polar surface area (TPSA) is 0 Å². The first kappa shape index (κ1) is 28.4. The Morgan fingerprint density at radius 1 is 0.419 bits per heavy atom. The maximum absolute atomic E-state index is 2.36. The van der Waals surface area contributed by atoms with Crippen LogP contribution in [0.5, 0.6) is 0 Å². The first-order chi connectivity index (χ1) is 21.1. The molecule has 0 spiro atoms. The molecule has 0 saturated heterocycles. The van der Waals surface area contributed by atoms with Crippen molar-refractivity contribution in [3.05, 3.63) is 202 Å². The van der Waals surface area contributed by atoms with Gasteiger partial charge in [0.05, 0.1) is 0 Å². The summed E-state index contributed by atoms with van der Waals surface area (Å²) in [5, 5.41) is 0. The predicted octanol–water partition coefficient (Wildman–Crippen LogP) is 11.1. The Balaban J connectivity index is 1.42. The summed E-state index contributed by atoms with van der Waals surface area (Å²) in [4.78, 5) is 0. The normalized spacial score (nSPS) is 12.5. The minimum absolute atomic E-state index is 0.302. The van der Waals surface area contributed by atoms with Crippen molar-refractivity contribution >= 4 is 0 Å². The molecular weight excluding hydrogens is 516 g/mol. The second kappa shape index (κ2) is 13.1. The van der Waals surface area contributed by atoms with Gasteiger partial charge in [-0.15, -0.1) is 0 Å². The van der Waals surface area contributed by atoms with Gasteiger partial charge in [0.25, 0.3) is 0 Å². The van der Waals surface area contributed by atoms with E-state index in [-0.39, 0.29) is 0 Å². The van der Waals surface area contributed by atoms with Gasteiger partial charge in [-0.1, -0.05) is 166 Å². The Hall–Kier alpha value is -4.68. The molecule has 43 heavy (non-hydrogen) atoms. The highest BCUT2D eigenvalue weighted by atomic mass is 14.2.